The van der Waals surface area contributed by atoms with Crippen molar-refractivity contribution < 1.29 is 13.9 Å². The smallest absolute Gasteiger partial charge is 0.348 e. The molecule has 0 aromatic carbocycles. The molecule has 0 amide bonds. The van der Waals surface area contributed by atoms with E-state index in [9.17, 15) is 9.18 Å². The van der Waals surface area contributed by atoms with Gasteiger partial charge in [-0.2, -0.15) is 0 Å². The summed E-state index contributed by atoms with van der Waals surface area (Å²) in [6.07, 6.45) is 2.69. The van der Waals surface area contributed by atoms with Crippen LogP contribution in [0.2, 0.25) is 0 Å². The van der Waals surface area contributed by atoms with Gasteiger partial charge >= 0.3 is 5.97 Å². The number of thiophene rings is 1. The van der Waals surface area contributed by atoms with Gasteiger partial charge in [0.1, 0.15) is 10.7 Å². The van der Waals surface area contributed by atoms with Crippen molar-refractivity contribution in [3.8, 4) is 0 Å². The Labute approximate surface area is 89.5 Å². The molecule has 0 N–H and O–H groups in total. The Hall–Kier alpha value is -1.49. The van der Waals surface area contributed by atoms with Gasteiger partial charge in [0, 0.05) is 11.6 Å². The van der Waals surface area contributed by atoms with E-state index in [0.29, 0.717) is 20.5 Å². The quantitative estimate of drug-likeness (QED) is 0.700. The summed E-state index contributed by atoms with van der Waals surface area (Å²) in [5, 5.41) is 0.454. The van der Waals surface area contributed by atoms with Crippen molar-refractivity contribution >= 4 is 27.4 Å². The van der Waals surface area contributed by atoms with Crippen LogP contribution in [-0.2, 0) is 4.74 Å². The second-order valence-electron chi connectivity index (χ2n) is 3.04. The Bertz CT molecular complexity index is 535. The molecular weight excluding hydrogens is 217 g/mol. The lowest BCUT2D eigenvalue weighted by Crippen LogP contribution is -1.99. The number of ether oxygens (including phenoxy) is 1. The van der Waals surface area contributed by atoms with Crippen molar-refractivity contribution in [2.24, 2.45) is 0 Å². The molecule has 15 heavy (non-hydrogen) atoms. The summed E-state index contributed by atoms with van der Waals surface area (Å²) in [5.41, 5.74) is 0.613. The fraction of sp³-hybridized carbons (Fsp3) is 0.200. The van der Waals surface area contributed by atoms with E-state index < -0.39 is 11.8 Å². The minimum atomic E-state index is -0.437. The number of aryl methyl sites for hydroxylation is 1. The third-order valence-corrected chi connectivity index (χ3v) is 3.37. The standard InChI is InChI=1S/C10H8FNO2S/c1-5-8-6(11)3-12-4-7(8)15-9(5)10(13)14-2/h3-4H,1-2H3. The zero-order chi connectivity index (χ0) is 11.0. The van der Waals surface area contributed by atoms with Crippen LogP contribution >= 0.6 is 11.3 Å². The van der Waals surface area contributed by atoms with E-state index in [2.05, 4.69) is 9.72 Å². The number of aromatic nitrogens is 1. The maximum Gasteiger partial charge on any atom is 0.348 e. The van der Waals surface area contributed by atoms with Crippen LogP contribution in [0.15, 0.2) is 12.4 Å². The van der Waals surface area contributed by atoms with Gasteiger partial charge in [-0.05, 0) is 12.5 Å². The predicted molar refractivity (Wildman–Crippen MR) is 55.7 cm³/mol. The van der Waals surface area contributed by atoms with E-state index in [-0.39, 0.29) is 0 Å². The van der Waals surface area contributed by atoms with Crippen molar-refractivity contribution in [3.05, 3.63) is 28.7 Å². The average molecular weight is 225 g/mol. The number of methoxy groups -OCH3 is 1. The minimum Gasteiger partial charge on any atom is -0.465 e. The molecule has 0 bridgehead atoms. The molecule has 0 atom stereocenters. The molecule has 2 aromatic rings. The molecule has 78 valence electrons. The summed E-state index contributed by atoms with van der Waals surface area (Å²) >= 11 is 1.19. The van der Waals surface area contributed by atoms with Gasteiger partial charge in [0.25, 0.3) is 0 Å². The molecule has 0 saturated heterocycles. The van der Waals surface area contributed by atoms with Crippen molar-refractivity contribution in [2.45, 2.75) is 6.92 Å². The number of carbonyl (C=O) groups is 1. The van der Waals surface area contributed by atoms with E-state index in [0.717, 1.165) is 6.20 Å². The fourth-order valence-corrected chi connectivity index (χ4v) is 2.55. The van der Waals surface area contributed by atoms with Crippen molar-refractivity contribution in [1.29, 1.82) is 0 Å². The topological polar surface area (TPSA) is 39.2 Å². The minimum absolute atomic E-state index is 0.406. The average Bonchev–Trinajstić information content (AvgIpc) is 2.56. The molecule has 0 aliphatic heterocycles. The van der Waals surface area contributed by atoms with Crippen LogP contribution in [0.4, 0.5) is 4.39 Å². The van der Waals surface area contributed by atoms with Crippen LogP contribution < -0.4 is 0 Å². The third kappa shape index (κ3) is 1.48. The van der Waals surface area contributed by atoms with Crippen LogP contribution in [0, 0.1) is 12.7 Å². The number of carbonyl (C=O) groups excluding carboxylic acids is 1. The molecule has 2 aromatic heterocycles. The highest BCUT2D eigenvalue weighted by molar-refractivity contribution is 7.21. The van der Waals surface area contributed by atoms with E-state index in [4.69, 9.17) is 0 Å². The van der Waals surface area contributed by atoms with Gasteiger partial charge in [0.2, 0.25) is 0 Å². The summed E-state index contributed by atoms with van der Waals surface area (Å²) < 4.78 is 18.7. The summed E-state index contributed by atoms with van der Waals surface area (Å²) in [6.45, 7) is 1.70. The largest absolute Gasteiger partial charge is 0.465 e. The van der Waals surface area contributed by atoms with Gasteiger partial charge < -0.3 is 4.74 Å². The van der Waals surface area contributed by atoms with Gasteiger partial charge in [-0.15, -0.1) is 11.3 Å². The second kappa shape index (κ2) is 3.58. The molecule has 0 aliphatic rings. The second-order valence-corrected chi connectivity index (χ2v) is 4.09. The van der Waals surface area contributed by atoms with Gasteiger partial charge in [0.05, 0.1) is 18.0 Å². The van der Waals surface area contributed by atoms with Crippen LogP contribution in [-0.4, -0.2) is 18.1 Å². The number of pyridine rings is 1. The van der Waals surface area contributed by atoms with Crippen molar-refractivity contribution in [1.82, 2.24) is 4.98 Å². The maximum absolute atomic E-state index is 13.4. The molecule has 0 aliphatic carbocycles. The number of rotatable bonds is 1. The molecule has 0 radical (unpaired) electrons. The fourth-order valence-electron chi connectivity index (χ4n) is 1.45. The summed E-state index contributed by atoms with van der Waals surface area (Å²) in [5.74, 6) is -0.843. The maximum atomic E-state index is 13.4. The first-order valence-corrected chi connectivity index (χ1v) is 5.07. The van der Waals surface area contributed by atoms with Crippen LogP contribution in [0.1, 0.15) is 15.2 Å². The number of halogens is 1. The highest BCUT2D eigenvalue weighted by Crippen LogP contribution is 2.32. The number of nitrogens with zero attached hydrogens (tertiary/aromatic N) is 1. The predicted octanol–water partition coefficient (Wildman–Crippen LogP) is 2.53. The van der Waals surface area contributed by atoms with E-state index >= 15 is 0 Å². The Kier molecular flexibility index (Phi) is 2.40. The molecule has 0 saturated carbocycles. The lowest BCUT2D eigenvalue weighted by molar-refractivity contribution is 0.0605. The molecule has 3 nitrogen and oxygen atoms in total. The lowest BCUT2D eigenvalue weighted by atomic mass is 10.2. The molecule has 0 spiro atoms. The first-order valence-electron chi connectivity index (χ1n) is 4.26. The van der Waals surface area contributed by atoms with Gasteiger partial charge in [0.15, 0.2) is 0 Å². The summed E-state index contributed by atoms with van der Waals surface area (Å²) in [6, 6.07) is 0. The van der Waals surface area contributed by atoms with Gasteiger partial charge in [-0.1, -0.05) is 0 Å². The SMILES string of the molecule is COC(=O)c1sc2cncc(F)c2c1C. The monoisotopic (exact) mass is 225 g/mol. The zero-order valence-corrected chi connectivity index (χ0v) is 9.02. The Morgan fingerprint density at radius 2 is 2.27 bits per heavy atom. The van der Waals surface area contributed by atoms with Crippen molar-refractivity contribution in [2.75, 3.05) is 7.11 Å². The number of fused-ring (bicyclic) bond motifs is 1. The van der Waals surface area contributed by atoms with Gasteiger partial charge in [-0.25, -0.2) is 9.18 Å². The normalized spacial score (nSPS) is 10.6. The third-order valence-electron chi connectivity index (χ3n) is 2.16. The van der Waals surface area contributed by atoms with Crippen LogP contribution in [0.3, 0.4) is 0 Å². The van der Waals surface area contributed by atoms with Gasteiger partial charge in [-0.3, -0.25) is 4.98 Å². The first-order chi connectivity index (χ1) is 7.15. The zero-order valence-electron chi connectivity index (χ0n) is 8.20. The Balaban J connectivity index is 2.75. The van der Waals surface area contributed by atoms with E-state index in [1.807, 2.05) is 0 Å². The van der Waals surface area contributed by atoms with E-state index in [1.54, 1.807) is 13.1 Å². The summed E-state index contributed by atoms with van der Waals surface area (Å²) in [7, 11) is 1.31. The molecule has 5 heteroatoms. The molecule has 0 unspecified atom stereocenters. The molecule has 2 heterocycles. The molecular formula is C10H8FNO2S. The molecule has 2 rings (SSSR count). The number of hydrogen-bond donors (Lipinski definition) is 0. The lowest BCUT2D eigenvalue weighted by Gasteiger charge is -1.96. The van der Waals surface area contributed by atoms with Crippen LogP contribution in [0.5, 0.6) is 0 Å². The molecule has 0 fully saturated rings. The number of hydrogen-bond acceptors (Lipinski definition) is 4. The number of esters is 1. The first kappa shape index (κ1) is 10.0. The van der Waals surface area contributed by atoms with E-state index in [1.165, 1.54) is 18.4 Å². The Morgan fingerprint density at radius 3 is 2.87 bits per heavy atom. The Morgan fingerprint density at radius 1 is 1.53 bits per heavy atom. The van der Waals surface area contributed by atoms with Crippen molar-refractivity contribution in [3.63, 3.8) is 0 Å². The van der Waals surface area contributed by atoms with Crippen LogP contribution in [0.25, 0.3) is 10.1 Å². The highest BCUT2D eigenvalue weighted by Gasteiger charge is 2.18. The summed E-state index contributed by atoms with van der Waals surface area (Å²) in [4.78, 5) is 15.5. The highest BCUT2D eigenvalue weighted by atomic mass is 32.1.